The molecule has 1 saturated carbocycles. The number of ether oxygens (including phenoxy) is 1. The molecule has 100 valence electrons. The minimum Gasteiger partial charge on any atom is -0.491 e. The highest BCUT2D eigenvalue weighted by Crippen LogP contribution is 2.26. The van der Waals surface area contributed by atoms with Gasteiger partial charge in [0, 0.05) is 12.2 Å². The van der Waals surface area contributed by atoms with Gasteiger partial charge in [-0.05, 0) is 44.4 Å². The molecule has 1 aromatic heterocycles. The number of hydrogen-bond donors (Lipinski definition) is 1. The smallest absolute Gasteiger partial charge is 0.142 e. The summed E-state index contributed by atoms with van der Waals surface area (Å²) in [6, 6.07) is 4.09. The summed E-state index contributed by atoms with van der Waals surface area (Å²) in [6.07, 6.45) is 5.37. The molecule has 0 spiro atoms. The molecule has 0 amide bonds. The molecule has 0 aromatic carbocycles. The molecule has 0 saturated heterocycles. The predicted molar refractivity (Wildman–Crippen MR) is 73.8 cm³/mol. The Kier molecular flexibility index (Phi) is 5.00. The second kappa shape index (κ2) is 6.74. The lowest BCUT2D eigenvalue weighted by Gasteiger charge is -2.14. The van der Waals surface area contributed by atoms with Crippen molar-refractivity contribution in [1.29, 1.82) is 0 Å². The van der Waals surface area contributed by atoms with Crippen LogP contribution in [0.1, 0.15) is 44.0 Å². The van der Waals surface area contributed by atoms with Gasteiger partial charge in [0.25, 0.3) is 0 Å². The number of hydrogen-bond acceptors (Lipinski definition) is 3. The van der Waals surface area contributed by atoms with Crippen LogP contribution >= 0.6 is 0 Å². The van der Waals surface area contributed by atoms with Gasteiger partial charge in [-0.3, -0.25) is 4.98 Å². The second-order valence-electron chi connectivity index (χ2n) is 5.14. The third-order valence-electron chi connectivity index (χ3n) is 3.56. The molecule has 18 heavy (non-hydrogen) atoms. The van der Waals surface area contributed by atoms with Gasteiger partial charge < -0.3 is 10.1 Å². The van der Waals surface area contributed by atoms with E-state index in [0.29, 0.717) is 0 Å². The third kappa shape index (κ3) is 3.70. The summed E-state index contributed by atoms with van der Waals surface area (Å²) >= 11 is 0. The fourth-order valence-electron chi connectivity index (χ4n) is 2.48. The lowest BCUT2D eigenvalue weighted by Crippen LogP contribution is -2.16. The summed E-state index contributed by atoms with van der Waals surface area (Å²) in [5.74, 6) is 1.70. The average Bonchev–Trinajstić information content (AvgIpc) is 2.88. The molecule has 3 heteroatoms. The Hall–Kier alpha value is -1.09. The summed E-state index contributed by atoms with van der Waals surface area (Å²) in [5.41, 5.74) is 2.09. The first kappa shape index (κ1) is 13.3. The van der Waals surface area contributed by atoms with Crippen molar-refractivity contribution in [3.8, 4) is 5.75 Å². The average molecular weight is 248 g/mol. The zero-order valence-corrected chi connectivity index (χ0v) is 11.5. The first-order valence-corrected chi connectivity index (χ1v) is 7.09. The van der Waals surface area contributed by atoms with Crippen LogP contribution in [0.15, 0.2) is 12.1 Å². The Morgan fingerprint density at radius 2 is 2.11 bits per heavy atom. The van der Waals surface area contributed by atoms with Gasteiger partial charge in [0.2, 0.25) is 0 Å². The Balaban J connectivity index is 1.96. The number of aryl methyl sites for hydroxylation is 1. The van der Waals surface area contributed by atoms with Crippen molar-refractivity contribution in [2.24, 2.45) is 5.92 Å². The Morgan fingerprint density at radius 3 is 2.83 bits per heavy atom. The van der Waals surface area contributed by atoms with E-state index in [0.717, 1.165) is 42.8 Å². The van der Waals surface area contributed by atoms with E-state index in [9.17, 15) is 0 Å². The maximum atomic E-state index is 5.97. The minimum atomic E-state index is 0.748. The fourth-order valence-corrected chi connectivity index (χ4v) is 2.48. The zero-order chi connectivity index (χ0) is 12.8. The monoisotopic (exact) mass is 248 g/mol. The van der Waals surface area contributed by atoms with Gasteiger partial charge >= 0.3 is 0 Å². The highest BCUT2D eigenvalue weighted by Gasteiger charge is 2.16. The molecule has 1 aliphatic rings. The first-order valence-electron chi connectivity index (χ1n) is 7.09. The van der Waals surface area contributed by atoms with Crippen LogP contribution in [0.25, 0.3) is 0 Å². The maximum Gasteiger partial charge on any atom is 0.142 e. The van der Waals surface area contributed by atoms with Crippen LogP contribution in [0.4, 0.5) is 0 Å². The molecule has 3 nitrogen and oxygen atoms in total. The van der Waals surface area contributed by atoms with Crippen LogP contribution in [0.5, 0.6) is 5.75 Å². The Morgan fingerprint density at radius 1 is 1.33 bits per heavy atom. The van der Waals surface area contributed by atoms with E-state index in [1.54, 1.807) is 0 Å². The van der Waals surface area contributed by atoms with Gasteiger partial charge in [-0.2, -0.15) is 0 Å². The van der Waals surface area contributed by atoms with Gasteiger partial charge in [-0.25, -0.2) is 0 Å². The van der Waals surface area contributed by atoms with Crippen LogP contribution in [-0.4, -0.2) is 18.1 Å². The molecular weight excluding hydrogens is 224 g/mol. The zero-order valence-electron chi connectivity index (χ0n) is 11.5. The van der Waals surface area contributed by atoms with Crippen LogP contribution in [0, 0.1) is 12.8 Å². The van der Waals surface area contributed by atoms with Crippen molar-refractivity contribution < 1.29 is 4.74 Å². The van der Waals surface area contributed by atoms with Crippen molar-refractivity contribution in [2.45, 2.75) is 46.1 Å². The summed E-state index contributed by atoms with van der Waals surface area (Å²) in [7, 11) is 0. The second-order valence-corrected chi connectivity index (χ2v) is 5.14. The topological polar surface area (TPSA) is 34.2 Å². The van der Waals surface area contributed by atoms with Crippen LogP contribution in [-0.2, 0) is 6.54 Å². The molecule has 2 rings (SSSR count). The number of pyridine rings is 1. The van der Waals surface area contributed by atoms with E-state index < -0.39 is 0 Å². The van der Waals surface area contributed by atoms with Crippen molar-refractivity contribution in [1.82, 2.24) is 10.3 Å². The lowest BCUT2D eigenvalue weighted by atomic mass is 10.1. The van der Waals surface area contributed by atoms with Gasteiger partial charge in [0.15, 0.2) is 0 Å². The maximum absolute atomic E-state index is 5.97. The minimum absolute atomic E-state index is 0.748. The number of nitrogens with zero attached hydrogens (tertiary/aromatic N) is 1. The van der Waals surface area contributed by atoms with Gasteiger partial charge in [0.1, 0.15) is 5.75 Å². The van der Waals surface area contributed by atoms with E-state index in [1.807, 2.05) is 13.0 Å². The van der Waals surface area contributed by atoms with Crippen LogP contribution < -0.4 is 10.1 Å². The van der Waals surface area contributed by atoms with Gasteiger partial charge in [-0.1, -0.05) is 19.8 Å². The molecule has 0 radical (unpaired) electrons. The SMILES string of the molecule is CCNCc1nc(C)ccc1OCC1CCCC1. The van der Waals surface area contributed by atoms with Crippen molar-refractivity contribution in [3.63, 3.8) is 0 Å². The fraction of sp³-hybridized carbons (Fsp3) is 0.667. The largest absolute Gasteiger partial charge is 0.491 e. The number of aromatic nitrogens is 1. The van der Waals surface area contributed by atoms with Crippen molar-refractivity contribution in [3.05, 3.63) is 23.5 Å². The summed E-state index contributed by atoms with van der Waals surface area (Å²) < 4.78 is 5.97. The highest BCUT2D eigenvalue weighted by molar-refractivity contribution is 5.29. The highest BCUT2D eigenvalue weighted by atomic mass is 16.5. The van der Waals surface area contributed by atoms with Crippen LogP contribution in [0.2, 0.25) is 0 Å². The molecule has 0 bridgehead atoms. The summed E-state index contributed by atoms with van der Waals surface area (Å²) in [6.45, 7) is 6.73. The molecule has 0 aliphatic heterocycles. The van der Waals surface area contributed by atoms with E-state index in [2.05, 4.69) is 23.3 Å². The van der Waals surface area contributed by atoms with E-state index in [1.165, 1.54) is 25.7 Å². The van der Waals surface area contributed by atoms with Crippen molar-refractivity contribution >= 4 is 0 Å². The van der Waals surface area contributed by atoms with Crippen molar-refractivity contribution in [2.75, 3.05) is 13.2 Å². The molecule has 0 atom stereocenters. The Labute approximate surface area is 110 Å². The molecule has 1 fully saturated rings. The van der Waals surface area contributed by atoms with Gasteiger partial charge in [0.05, 0.1) is 12.3 Å². The van der Waals surface area contributed by atoms with Gasteiger partial charge in [-0.15, -0.1) is 0 Å². The number of rotatable bonds is 6. The molecule has 1 N–H and O–H groups in total. The number of nitrogens with one attached hydrogen (secondary N) is 1. The summed E-state index contributed by atoms with van der Waals surface area (Å²) in [5, 5.41) is 3.32. The van der Waals surface area contributed by atoms with Crippen LogP contribution in [0.3, 0.4) is 0 Å². The summed E-state index contributed by atoms with van der Waals surface area (Å²) in [4.78, 5) is 4.57. The third-order valence-corrected chi connectivity index (χ3v) is 3.56. The normalized spacial score (nSPS) is 16.1. The molecule has 1 heterocycles. The standard InChI is InChI=1S/C15H24N2O/c1-3-16-10-14-15(9-8-12(2)17-14)18-11-13-6-4-5-7-13/h8-9,13,16H,3-7,10-11H2,1-2H3. The lowest BCUT2D eigenvalue weighted by molar-refractivity contribution is 0.248. The molecule has 1 aromatic rings. The first-order chi connectivity index (χ1) is 8.79. The molecule has 1 aliphatic carbocycles. The van der Waals surface area contributed by atoms with E-state index >= 15 is 0 Å². The predicted octanol–water partition coefficient (Wildman–Crippen LogP) is 3.07. The Bertz CT molecular complexity index is 373. The van der Waals surface area contributed by atoms with E-state index in [4.69, 9.17) is 4.74 Å². The quantitative estimate of drug-likeness (QED) is 0.840. The molecule has 0 unspecified atom stereocenters. The van der Waals surface area contributed by atoms with E-state index in [-0.39, 0.29) is 0 Å². The molecular formula is C15H24N2O.